The van der Waals surface area contributed by atoms with Crippen molar-refractivity contribution in [1.29, 1.82) is 0 Å². The van der Waals surface area contributed by atoms with Crippen LogP contribution in [0.4, 0.5) is 5.69 Å². The molecule has 2 heterocycles. The van der Waals surface area contributed by atoms with Crippen LogP contribution >= 0.6 is 0 Å². The van der Waals surface area contributed by atoms with Gasteiger partial charge in [0.1, 0.15) is 0 Å². The van der Waals surface area contributed by atoms with E-state index in [9.17, 15) is 4.79 Å². The van der Waals surface area contributed by atoms with Crippen molar-refractivity contribution in [3.05, 3.63) is 120 Å². The summed E-state index contributed by atoms with van der Waals surface area (Å²) in [7, 11) is 0. The molecule has 0 unspecified atom stereocenters. The van der Waals surface area contributed by atoms with Crippen LogP contribution in [-0.4, -0.2) is 20.3 Å². The third-order valence-electron chi connectivity index (χ3n) is 6.09. The van der Waals surface area contributed by atoms with E-state index >= 15 is 0 Å². The molecule has 3 aromatic carbocycles. The molecule has 5 aromatic rings. The number of hydrogen-bond acceptors (Lipinski definition) is 3. The summed E-state index contributed by atoms with van der Waals surface area (Å²) in [4.78, 5) is 22.3. The second-order valence-corrected chi connectivity index (χ2v) is 9.76. The molecule has 0 aliphatic carbocycles. The van der Waals surface area contributed by atoms with Gasteiger partial charge in [-0.05, 0) is 40.8 Å². The molecule has 0 spiro atoms. The van der Waals surface area contributed by atoms with Gasteiger partial charge < -0.3 is 9.72 Å². The Morgan fingerprint density at radius 3 is 2.46 bits per heavy atom. The normalized spacial score (nSPS) is 11.5. The van der Waals surface area contributed by atoms with Crippen molar-refractivity contribution in [2.75, 3.05) is 5.32 Å². The SMILES string of the molecule is CC(C)(C)c1ccc(C(=O)Nc2cccc(-c3cn4ccnc4c(Cc4ccccc4)n3)c2)cc1. The van der Waals surface area contributed by atoms with E-state index in [-0.39, 0.29) is 11.3 Å². The maximum Gasteiger partial charge on any atom is 0.255 e. The van der Waals surface area contributed by atoms with Crippen LogP contribution in [0.2, 0.25) is 0 Å². The molecule has 0 aliphatic heterocycles. The lowest BCUT2D eigenvalue weighted by molar-refractivity contribution is 0.102. The number of imidazole rings is 1. The highest BCUT2D eigenvalue weighted by molar-refractivity contribution is 6.04. The highest BCUT2D eigenvalue weighted by atomic mass is 16.1. The molecule has 2 aromatic heterocycles. The molecule has 5 rings (SSSR count). The molecule has 1 N–H and O–H groups in total. The molecule has 5 nitrogen and oxygen atoms in total. The van der Waals surface area contributed by atoms with Gasteiger partial charge in [0.05, 0.1) is 11.4 Å². The maximum absolute atomic E-state index is 12.9. The molecule has 5 heteroatoms. The van der Waals surface area contributed by atoms with E-state index in [0.29, 0.717) is 12.0 Å². The first-order chi connectivity index (χ1) is 16.9. The smallest absolute Gasteiger partial charge is 0.255 e. The Morgan fingerprint density at radius 2 is 1.71 bits per heavy atom. The number of benzene rings is 3. The van der Waals surface area contributed by atoms with Gasteiger partial charge in [-0.2, -0.15) is 0 Å². The number of hydrogen-bond donors (Lipinski definition) is 1. The molecule has 0 bridgehead atoms. The topological polar surface area (TPSA) is 59.3 Å². The van der Waals surface area contributed by atoms with Gasteiger partial charge in [-0.25, -0.2) is 9.97 Å². The Kier molecular flexibility index (Phi) is 5.91. The van der Waals surface area contributed by atoms with E-state index in [1.54, 1.807) is 6.20 Å². The summed E-state index contributed by atoms with van der Waals surface area (Å²) in [5, 5.41) is 3.03. The summed E-state index contributed by atoms with van der Waals surface area (Å²) in [5.41, 5.74) is 7.29. The molecule has 174 valence electrons. The molecular formula is C30H28N4O. The van der Waals surface area contributed by atoms with Crippen LogP contribution in [0, 0.1) is 0 Å². The molecule has 0 saturated carbocycles. The summed E-state index contributed by atoms with van der Waals surface area (Å²) in [5.74, 6) is -0.134. The summed E-state index contributed by atoms with van der Waals surface area (Å²) >= 11 is 0. The summed E-state index contributed by atoms with van der Waals surface area (Å²) in [6, 6.07) is 25.9. The fourth-order valence-corrected chi connectivity index (χ4v) is 4.12. The van der Waals surface area contributed by atoms with Gasteiger partial charge in [0.2, 0.25) is 0 Å². The van der Waals surface area contributed by atoms with Crippen LogP contribution < -0.4 is 5.32 Å². The molecular weight excluding hydrogens is 432 g/mol. The number of carbonyl (C=O) groups is 1. The van der Waals surface area contributed by atoms with E-state index < -0.39 is 0 Å². The predicted molar refractivity (Wildman–Crippen MR) is 141 cm³/mol. The number of nitrogens with zero attached hydrogens (tertiary/aromatic N) is 3. The lowest BCUT2D eigenvalue weighted by Gasteiger charge is -2.19. The molecule has 0 saturated heterocycles. The minimum atomic E-state index is -0.134. The fraction of sp³-hybridized carbons (Fsp3) is 0.167. The van der Waals surface area contributed by atoms with Gasteiger partial charge in [0.15, 0.2) is 5.65 Å². The van der Waals surface area contributed by atoms with Crippen molar-refractivity contribution >= 4 is 17.2 Å². The number of aromatic nitrogens is 3. The number of amides is 1. The van der Waals surface area contributed by atoms with Gasteiger partial charge in [-0.15, -0.1) is 0 Å². The van der Waals surface area contributed by atoms with E-state index in [4.69, 9.17) is 4.98 Å². The minimum Gasteiger partial charge on any atom is -0.322 e. The van der Waals surface area contributed by atoms with E-state index in [0.717, 1.165) is 28.3 Å². The average molecular weight is 461 g/mol. The Bertz CT molecular complexity index is 1480. The summed E-state index contributed by atoms with van der Waals surface area (Å²) < 4.78 is 2.00. The monoisotopic (exact) mass is 460 g/mol. The van der Waals surface area contributed by atoms with Crippen molar-refractivity contribution < 1.29 is 4.79 Å². The van der Waals surface area contributed by atoms with Gasteiger partial charge in [0, 0.05) is 41.8 Å². The molecule has 0 fully saturated rings. The first kappa shape index (κ1) is 22.5. The lowest BCUT2D eigenvalue weighted by atomic mass is 9.87. The Morgan fingerprint density at radius 1 is 0.943 bits per heavy atom. The van der Waals surface area contributed by atoms with Gasteiger partial charge in [0.25, 0.3) is 5.91 Å². The van der Waals surface area contributed by atoms with Crippen LogP contribution in [0.5, 0.6) is 0 Å². The number of carbonyl (C=O) groups excluding carboxylic acids is 1. The zero-order valence-electron chi connectivity index (χ0n) is 20.2. The van der Waals surface area contributed by atoms with Crippen molar-refractivity contribution in [3.8, 4) is 11.3 Å². The van der Waals surface area contributed by atoms with Gasteiger partial charge in [-0.3, -0.25) is 4.79 Å². The van der Waals surface area contributed by atoms with Gasteiger partial charge in [-0.1, -0.05) is 75.4 Å². The zero-order chi connectivity index (χ0) is 24.4. The van der Waals surface area contributed by atoms with E-state index in [1.807, 2.05) is 83.5 Å². The second-order valence-electron chi connectivity index (χ2n) is 9.76. The fourth-order valence-electron chi connectivity index (χ4n) is 4.12. The highest BCUT2D eigenvalue weighted by Gasteiger charge is 2.15. The standard InChI is InChI=1S/C30H28N4O/c1-30(2,3)24-14-12-22(13-15-24)29(35)32-25-11-7-10-23(19-25)27-20-34-17-16-31-28(34)26(33-27)18-21-8-5-4-6-9-21/h4-17,19-20H,18H2,1-3H3,(H,32,35). The minimum absolute atomic E-state index is 0.0477. The number of fused-ring (bicyclic) bond motifs is 1. The largest absolute Gasteiger partial charge is 0.322 e. The first-order valence-corrected chi connectivity index (χ1v) is 11.8. The molecule has 0 atom stereocenters. The lowest BCUT2D eigenvalue weighted by Crippen LogP contribution is -2.14. The van der Waals surface area contributed by atoms with Crippen molar-refractivity contribution in [1.82, 2.24) is 14.4 Å². The predicted octanol–water partition coefficient (Wildman–Crippen LogP) is 6.54. The third kappa shape index (κ3) is 4.99. The molecule has 0 aliphatic rings. The van der Waals surface area contributed by atoms with Crippen molar-refractivity contribution in [2.24, 2.45) is 0 Å². The highest BCUT2D eigenvalue weighted by Crippen LogP contribution is 2.25. The van der Waals surface area contributed by atoms with Crippen molar-refractivity contribution in [2.45, 2.75) is 32.6 Å². The molecule has 1 amide bonds. The average Bonchev–Trinajstić information content (AvgIpc) is 3.34. The molecule has 0 radical (unpaired) electrons. The maximum atomic E-state index is 12.9. The Labute approximate surface area is 205 Å². The second kappa shape index (κ2) is 9.18. The van der Waals surface area contributed by atoms with E-state index in [1.165, 1.54) is 11.1 Å². The number of nitrogens with one attached hydrogen (secondary N) is 1. The molecule has 35 heavy (non-hydrogen) atoms. The summed E-state index contributed by atoms with van der Waals surface area (Å²) in [6.45, 7) is 6.48. The van der Waals surface area contributed by atoms with Crippen LogP contribution in [-0.2, 0) is 11.8 Å². The van der Waals surface area contributed by atoms with Crippen molar-refractivity contribution in [3.63, 3.8) is 0 Å². The third-order valence-corrected chi connectivity index (χ3v) is 6.09. The zero-order valence-corrected chi connectivity index (χ0v) is 20.2. The van der Waals surface area contributed by atoms with E-state index in [2.05, 4.69) is 43.2 Å². The van der Waals surface area contributed by atoms with Crippen LogP contribution in [0.25, 0.3) is 16.9 Å². The van der Waals surface area contributed by atoms with Crippen LogP contribution in [0.3, 0.4) is 0 Å². The summed E-state index contributed by atoms with van der Waals surface area (Å²) in [6.07, 6.45) is 6.39. The first-order valence-electron chi connectivity index (χ1n) is 11.8. The Hall–Kier alpha value is -4.25. The Balaban J connectivity index is 1.41. The quantitative estimate of drug-likeness (QED) is 0.324. The van der Waals surface area contributed by atoms with Crippen LogP contribution in [0.1, 0.15) is 48.0 Å². The number of rotatable bonds is 5. The van der Waals surface area contributed by atoms with Gasteiger partial charge >= 0.3 is 0 Å². The number of anilines is 1. The van der Waals surface area contributed by atoms with Crippen LogP contribution in [0.15, 0.2) is 97.5 Å².